The van der Waals surface area contributed by atoms with E-state index in [9.17, 15) is 0 Å². The van der Waals surface area contributed by atoms with E-state index in [4.69, 9.17) is 36.7 Å². The smallest absolute Gasteiger partial charge is 0.493 e. The number of ether oxygens (including phenoxy) is 4. The van der Waals surface area contributed by atoms with Gasteiger partial charge in [0.25, 0.3) is 0 Å². The topological polar surface area (TPSA) is 73.8 Å². The largest absolute Gasteiger partial charge is 0.967 e. The van der Waals surface area contributed by atoms with E-state index in [2.05, 4.69) is 26.3 Å². The highest BCUT2D eigenvalue weighted by Gasteiger charge is 2.60. The lowest BCUT2D eigenvalue weighted by atomic mass is 10.1. The molecule has 0 aromatic heterocycles. The van der Waals surface area contributed by atoms with Crippen molar-refractivity contribution in [3.63, 3.8) is 0 Å². The molecule has 0 aliphatic carbocycles. The summed E-state index contributed by atoms with van der Waals surface area (Å²) in [5, 5.41) is 0. The van der Waals surface area contributed by atoms with E-state index in [0.29, 0.717) is 71.7 Å². The van der Waals surface area contributed by atoms with Gasteiger partial charge < -0.3 is 36.7 Å². The fourth-order valence-corrected chi connectivity index (χ4v) is 7.03. The van der Waals surface area contributed by atoms with E-state index < -0.39 is 9.05 Å². The number of hydrogen-bond donors (Lipinski definition) is 0. The molecule has 0 atom stereocenters. The number of benzene rings is 4. The summed E-state index contributed by atoms with van der Waals surface area (Å²) in [4.78, 5) is 0. The van der Waals surface area contributed by atoms with Crippen molar-refractivity contribution >= 4 is 9.05 Å². The summed E-state index contributed by atoms with van der Waals surface area (Å²) < 4.78 is 50.4. The third-order valence-corrected chi connectivity index (χ3v) is 9.25. The second kappa shape index (κ2) is 17.6. The molecular weight excluding hydrogens is 637 g/mol. The van der Waals surface area contributed by atoms with Gasteiger partial charge >= 0.3 is 9.05 Å². The van der Waals surface area contributed by atoms with Crippen LogP contribution in [0.3, 0.4) is 0 Å². The van der Waals surface area contributed by atoms with Gasteiger partial charge in [-0.25, -0.2) is 0 Å². The predicted octanol–water partition coefficient (Wildman–Crippen LogP) is 8.69. The van der Waals surface area contributed by atoms with Crippen LogP contribution in [0.5, 0.6) is 46.0 Å². The van der Waals surface area contributed by atoms with Crippen LogP contribution in [0, 0.1) is 0 Å². The molecule has 8 nitrogen and oxygen atoms in total. The molecule has 0 bridgehead atoms. The Hall–Kier alpha value is -5.54. The predicted molar refractivity (Wildman–Crippen MR) is 196 cm³/mol. The van der Waals surface area contributed by atoms with E-state index in [1.165, 1.54) is 0 Å². The van der Waals surface area contributed by atoms with E-state index in [1.54, 1.807) is 52.7 Å². The molecule has 256 valence electrons. The minimum atomic E-state index is -4.49. The molecule has 4 rings (SSSR count). The fourth-order valence-electron chi connectivity index (χ4n) is 5.02. The zero-order valence-electron chi connectivity index (χ0n) is 28.7. The highest BCUT2D eigenvalue weighted by atomic mass is 28.4. The number of methoxy groups -OCH3 is 4. The SMILES string of the molecule is C=CCc1ccc(O[Si](Oc2ccc(CC=C)cc2OC)(Oc2ccc(CC=C)cc2OC)Oc2ccc(CC=C)cc2OC)c(OC)c1. The van der Waals surface area contributed by atoms with Gasteiger partial charge in [0.2, 0.25) is 0 Å². The van der Waals surface area contributed by atoms with Crippen molar-refractivity contribution in [2.75, 3.05) is 28.4 Å². The Morgan fingerprint density at radius 2 is 0.612 bits per heavy atom. The Morgan fingerprint density at radius 3 is 0.796 bits per heavy atom. The highest BCUT2D eigenvalue weighted by Crippen LogP contribution is 2.40. The van der Waals surface area contributed by atoms with Gasteiger partial charge in [-0.2, -0.15) is 0 Å². The van der Waals surface area contributed by atoms with Crippen LogP contribution in [0.25, 0.3) is 0 Å². The number of allylic oxidation sites excluding steroid dienone is 4. The Morgan fingerprint density at radius 1 is 0.388 bits per heavy atom. The van der Waals surface area contributed by atoms with E-state index >= 15 is 0 Å². The summed E-state index contributed by atoms with van der Waals surface area (Å²) >= 11 is 0. The molecule has 0 amide bonds. The van der Waals surface area contributed by atoms with Gasteiger partial charge in [0.05, 0.1) is 28.4 Å². The molecule has 4 aromatic carbocycles. The zero-order valence-corrected chi connectivity index (χ0v) is 29.7. The average Bonchev–Trinajstić information content (AvgIpc) is 3.11. The van der Waals surface area contributed by atoms with Gasteiger partial charge in [-0.15, -0.1) is 26.3 Å². The summed E-state index contributed by atoms with van der Waals surface area (Å²) in [6, 6.07) is 22.3. The Kier molecular flexibility index (Phi) is 13.0. The molecule has 49 heavy (non-hydrogen) atoms. The molecule has 0 heterocycles. The maximum Gasteiger partial charge on any atom is 0.967 e. The van der Waals surface area contributed by atoms with Gasteiger partial charge in [-0.3, -0.25) is 0 Å². The van der Waals surface area contributed by atoms with Crippen molar-refractivity contribution in [1.29, 1.82) is 0 Å². The number of rotatable bonds is 20. The van der Waals surface area contributed by atoms with Crippen LogP contribution < -0.4 is 36.7 Å². The molecule has 4 aromatic rings. The van der Waals surface area contributed by atoms with Gasteiger partial charge in [-0.05, 0) is 96.5 Å². The maximum absolute atomic E-state index is 6.81. The molecule has 0 unspecified atom stereocenters. The average molecular weight is 681 g/mol. The van der Waals surface area contributed by atoms with Crippen LogP contribution in [0.4, 0.5) is 0 Å². The summed E-state index contributed by atoms with van der Waals surface area (Å²) in [6.45, 7) is 15.4. The lowest BCUT2D eigenvalue weighted by Gasteiger charge is -2.30. The van der Waals surface area contributed by atoms with Crippen LogP contribution in [0.15, 0.2) is 123 Å². The summed E-state index contributed by atoms with van der Waals surface area (Å²) in [5.41, 5.74) is 3.92. The van der Waals surface area contributed by atoms with Gasteiger partial charge in [0, 0.05) is 0 Å². The molecule has 0 saturated carbocycles. The first kappa shape index (κ1) is 36.3. The normalized spacial score (nSPS) is 10.7. The molecule has 0 spiro atoms. The minimum absolute atomic E-state index is 0.328. The first-order valence-corrected chi connectivity index (χ1v) is 17.3. The molecule has 0 fully saturated rings. The van der Waals surface area contributed by atoms with Crippen LogP contribution >= 0.6 is 0 Å². The maximum atomic E-state index is 6.81. The lowest BCUT2D eigenvalue weighted by molar-refractivity contribution is 0.151. The zero-order chi connectivity index (χ0) is 35.2. The summed E-state index contributed by atoms with van der Waals surface area (Å²) in [7, 11) is 1.77. The molecule has 0 N–H and O–H groups in total. The Balaban J connectivity index is 1.98. The monoisotopic (exact) mass is 680 g/mol. The Labute approximate surface area is 290 Å². The van der Waals surface area contributed by atoms with Crippen LogP contribution in [-0.2, 0) is 25.7 Å². The van der Waals surface area contributed by atoms with Crippen molar-refractivity contribution in [1.82, 2.24) is 0 Å². The fraction of sp³-hybridized carbons (Fsp3) is 0.200. The molecule has 0 aliphatic heterocycles. The van der Waals surface area contributed by atoms with Gasteiger partial charge in [-0.1, -0.05) is 48.6 Å². The molecular formula is C40H44O8Si. The third-order valence-electron chi connectivity index (χ3n) is 7.37. The Bertz CT molecular complexity index is 1510. The second-order valence-corrected chi connectivity index (χ2v) is 12.6. The quantitative estimate of drug-likeness (QED) is 0.0678. The summed E-state index contributed by atoms with van der Waals surface area (Å²) in [5.74, 6) is 3.09. The minimum Gasteiger partial charge on any atom is -0.493 e. The third kappa shape index (κ3) is 9.30. The standard InChI is InChI=1S/C40H44O8Si/c1-9-13-29-17-21-33(37(25-29)41-5)45-49(46-34-22-18-30(14-10-2)26-38(34)42-6,47-35-23-19-31(15-11-3)27-39(35)43-7)48-36-24-20-32(16-12-4)28-40(36)44-8/h9-12,17-28H,1-4,13-16H2,5-8H3. The van der Waals surface area contributed by atoms with Crippen LogP contribution in [0.1, 0.15) is 22.3 Å². The van der Waals surface area contributed by atoms with Gasteiger partial charge in [0.15, 0.2) is 46.0 Å². The van der Waals surface area contributed by atoms with Gasteiger partial charge in [0.1, 0.15) is 0 Å². The van der Waals surface area contributed by atoms with Crippen molar-refractivity contribution in [2.45, 2.75) is 25.7 Å². The highest BCUT2D eigenvalue weighted by molar-refractivity contribution is 6.57. The summed E-state index contributed by atoms with van der Waals surface area (Å²) in [6.07, 6.45) is 9.82. The van der Waals surface area contributed by atoms with Crippen molar-refractivity contribution in [2.24, 2.45) is 0 Å². The van der Waals surface area contributed by atoms with E-state index in [0.717, 1.165) is 22.3 Å². The molecule has 0 radical (unpaired) electrons. The molecule has 9 heteroatoms. The molecule has 0 saturated heterocycles. The van der Waals surface area contributed by atoms with Crippen LogP contribution in [0.2, 0.25) is 0 Å². The van der Waals surface area contributed by atoms with E-state index in [1.807, 2.05) is 72.8 Å². The first-order chi connectivity index (χ1) is 23.8. The van der Waals surface area contributed by atoms with Crippen molar-refractivity contribution < 1.29 is 36.7 Å². The first-order valence-electron chi connectivity index (χ1n) is 15.7. The lowest BCUT2D eigenvalue weighted by Crippen LogP contribution is -2.60. The number of hydrogen-bond acceptors (Lipinski definition) is 8. The molecule has 0 aliphatic rings. The second-order valence-electron chi connectivity index (χ2n) is 10.8. The van der Waals surface area contributed by atoms with Crippen LogP contribution in [-0.4, -0.2) is 37.5 Å². The van der Waals surface area contributed by atoms with E-state index in [-0.39, 0.29) is 0 Å². The van der Waals surface area contributed by atoms with Crippen molar-refractivity contribution in [3.05, 3.63) is 146 Å². The van der Waals surface area contributed by atoms with Crippen molar-refractivity contribution in [3.8, 4) is 46.0 Å².